The molecule has 1 unspecified atom stereocenters. The summed E-state index contributed by atoms with van der Waals surface area (Å²) in [5, 5.41) is 30.0. The molecule has 0 spiro atoms. The smallest absolute Gasteiger partial charge is 0.243 e. The number of aromatic hydroxyl groups is 1. The predicted octanol–water partition coefficient (Wildman–Crippen LogP) is -0.541. The first kappa shape index (κ1) is 35.4. The number of rotatable bonds is 17. The van der Waals surface area contributed by atoms with Crippen molar-refractivity contribution in [3.63, 3.8) is 0 Å². The number of nitrogens with zero attached hydrogens (tertiary/aromatic N) is 1. The van der Waals surface area contributed by atoms with Gasteiger partial charge >= 0.3 is 0 Å². The lowest BCUT2D eigenvalue weighted by atomic mass is 10.0. The molecule has 236 valence electrons. The van der Waals surface area contributed by atoms with Gasteiger partial charge < -0.3 is 36.4 Å². The molecule has 0 aliphatic carbocycles. The molecule has 13 heteroatoms. The van der Waals surface area contributed by atoms with E-state index in [0.717, 1.165) is 11.1 Å². The minimum absolute atomic E-state index is 0.117. The maximum absolute atomic E-state index is 13.3. The molecule has 2 aromatic rings. The largest absolute Gasteiger partial charge is 0.508 e. The second kappa shape index (κ2) is 18.0. The van der Waals surface area contributed by atoms with E-state index < -0.39 is 65.1 Å². The molecule has 0 bridgehead atoms. The van der Waals surface area contributed by atoms with Crippen molar-refractivity contribution in [1.82, 2.24) is 26.2 Å². The third kappa shape index (κ3) is 12.1. The van der Waals surface area contributed by atoms with Crippen LogP contribution in [0.2, 0.25) is 0 Å². The summed E-state index contributed by atoms with van der Waals surface area (Å²) in [4.78, 5) is 53.1. The zero-order chi connectivity index (χ0) is 31.9. The van der Waals surface area contributed by atoms with Crippen LogP contribution in [-0.2, 0) is 42.8 Å². The van der Waals surface area contributed by atoms with Crippen molar-refractivity contribution >= 4 is 34.4 Å². The van der Waals surface area contributed by atoms with Crippen LogP contribution >= 0.6 is 0 Å². The number of phenolic OH excluding ortho intramolecular Hbond substituents is 1. The maximum atomic E-state index is 13.3. The summed E-state index contributed by atoms with van der Waals surface area (Å²) in [7, 11) is 1.99. The number of carbonyl (C=O) groups is 4. The van der Waals surface area contributed by atoms with Gasteiger partial charge in [0.1, 0.15) is 17.8 Å². The highest BCUT2D eigenvalue weighted by Gasteiger charge is 2.29. The van der Waals surface area contributed by atoms with Crippen molar-refractivity contribution < 1.29 is 33.6 Å². The fraction of sp³-hybridized carbons (Fsp3) is 0.467. The first-order valence-corrected chi connectivity index (χ1v) is 15.7. The molecule has 0 saturated carbocycles. The Kier molecular flexibility index (Phi) is 14.8. The highest BCUT2D eigenvalue weighted by Crippen LogP contribution is 2.12. The van der Waals surface area contributed by atoms with Crippen LogP contribution in [0.4, 0.5) is 0 Å². The van der Waals surface area contributed by atoms with E-state index in [9.17, 15) is 33.6 Å². The molecular weight excluding hydrogens is 574 g/mol. The number of nitrogens with one attached hydrogen (secondary N) is 4. The Morgan fingerprint density at radius 3 is 2.12 bits per heavy atom. The van der Waals surface area contributed by atoms with Gasteiger partial charge in [0.2, 0.25) is 23.6 Å². The number of benzene rings is 2. The van der Waals surface area contributed by atoms with Gasteiger partial charge in [0.25, 0.3) is 0 Å². The summed E-state index contributed by atoms with van der Waals surface area (Å²) in [6.07, 6.45) is 2.38. The Morgan fingerprint density at radius 1 is 0.907 bits per heavy atom. The highest BCUT2D eigenvalue weighted by atomic mass is 32.2. The van der Waals surface area contributed by atoms with Gasteiger partial charge in [0, 0.05) is 36.3 Å². The second-order valence-electron chi connectivity index (χ2n) is 10.3. The van der Waals surface area contributed by atoms with E-state index in [2.05, 4.69) is 21.3 Å². The Labute approximate surface area is 255 Å². The number of aliphatic hydroxyl groups excluding tert-OH is 1. The first-order chi connectivity index (χ1) is 20.4. The minimum Gasteiger partial charge on any atom is -0.508 e. The van der Waals surface area contributed by atoms with Crippen LogP contribution in [0.25, 0.3) is 0 Å². The summed E-state index contributed by atoms with van der Waals surface area (Å²) >= 11 is 0. The second-order valence-corrected chi connectivity index (χ2v) is 11.9. The third-order valence-corrected chi connectivity index (χ3v) is 7.77. The molecule has 0 aliphatic heterocycles. The number of phenols is 1. The standard InChI is InChI=1S/C30H43N5O7S/c1-20(33-29(40)25(31-2)16-22-10-12-24(37)13-11-22)28(39)32-18-27(38)35(3)26(17-21-8-6-5-7-9-21)30(41)34-23(19-36)14-15-43(4)42/h5-13,20,23,25-26,31,36-37H,14-19H2,1-4H3,(H,32,39)(H,33,40)(H,34,41)/t20-,23+,25+,26+,43?/m1/s1. The van der Waals surface area contributed by atoms with E-state index in [1.165, 1.54) is 37.3 Å². The fourth-order valence-corrected chi connectivity index (χ4v) is 4.86. The van der Waals surface area contributed by atoms with Gasteiger partial charge in [-0.2, -0.15) is 0 Å². The van der Waals surface area contributed by atoms with Crippen LogP contribution in [0, 0.1) is 0 Å². The van der Waals surface area contributed by atoms with Crippen molar-refractivity contribution in [3.8, 4) is 5.75 Å². The van der Waals surface area contributed by atoms with E-state index in [1.54, 1.807) is 19.2 Å². The monoisotopic (exact) mass is 617 g/mol. The van der Waals surface area contributed by atoms with E-state index in [4.69, 9.17) is 0 Å². The minimum atomic E-state index is -1.10. The normalized spacial score (nSPS) is 14.4. The summed E-state index contributed by atoms with van der Waals surface area (Å²) in [5.74, 6) is -1.58. The number of hydrogen-bond acceptors (Lipinski definition) is 8. The van der Waals surface area contributed by atoms with E-state index in [0.29, 0.717) is 18.6 Å². The average molecular weight is 618 g/mol. The van der Waals surface area contributed by atoms with Crippen LogP contribution < -0.4 is 21.3 Å². The van der Waals surface area contributed by atoms with Crippen molar-refractivity contribution in [2.24, 2.45) is 0 Å². The van der Waals surface area contributed by atoms with Crippen molar-refractivity contribution in [2.45, 2.75) is 50.4 Å². The molecule has 0 aliphatic rings. The first-order valence-electron chi connectivity index (χ1n) is 14.0. The average Bonchev–Trinajstić information content (AvgIpc) is 2.99. The van der Waals surface area contributed by atoms with Crippen molar-refractivity contribution in [1.29, 1.82) is 0 Å². The number of amides is 4. The third-order valence-electron chi connectivity index (χ3n) is 6.96. The molecule has 5 atom stereocenters. The van der Waals surface area contributed by atoms with E-state index in [1.807, 2.05) is 30.3 Å². The van der Waals surface area contributed by atoms with Crippen molar-refractivity contribution in [3.05, 3.63) is 65.7 Å². The van der Waals surface area contributed by atoms with Gasteiger partial charge in [-0.05, 0) is 50.1 Å². The van der Waals surface area contributed by atoms with Crippen LogP contribution in [0.15, 0.2) is 54.6 Å². The van der Waals surface area contributed by atoms with Crippen LogP contribution in [-0.4, -0.2) is 106 Å². The molecule has 43 heavy (non-hydrogen) atoms. The summed E-state index contributed by atoms with van der Waals surface area (Å²) in [5.41, 5.74) is 1.63. The predicted molar refractivity (Wildman–Crippen MR) is 165 cm³/mol. The summed E-state index contributed by atoms with van der Waals surface area (Å²) < 4.78 is 11.5. The molecule has 0 radical (unpaired) electrons. The molecule has 0 saturated heterocycles. The number of likely N-dealkylation sites (N-methyl/N-ethyl adjacent to an activating group) is 2. The number of aliphatic hydroxyl groups is 1. The van der Waals surface area contributed by atoms with Crippen LogP contribution in [0.5, 0.6) is 5.75 Å². The molecule has 2 rings (SSSR count). The summed E-state index contributed by atoms with van der Waals surface area (Å²) in [6, 6.07) is 12.4. The summed E-state index contributed by atoms with van der Waals surface area (Å²) in [6.45, 7) is 0.746. The van der Waals surface area contributed by atoms with Gasteiger partial charge in [-0.3, -0.25) is 23.4 Å². The lowest BCUT2D eigenvalue weighted by Crippen LogP contribution is -2.55. The molecule has 12 nitrogen and oxygen atoms in total. The molecule has 0 aromatic heterocycles. The number of hydrogen-bond donors (Lipinski definition) is 6. The topological polar surface area (TPSA) is 177 Å². The quantitative estimate of drug-likeness (QED) is 0.137. The fourth-order valence-electron chi connectivity index (χ4n) is 4.25. The zero-order valence-electron chi connectivity index (χ0n) is 25.0. The lowest BCUT2D eigenvalue weighted by Gasteiger charge is -2.29. The Morgan fingerprint density at radius 2 is 1.53 bits per heavy atom. The number of carbonyl (C=O) groups excluding carboxylic acids is 4. The Balaban J connectivity index is 2.00. The Bertz CT molecular complexity index is 1230. The van der Waals surface area contributed by atoms with Gasteiger partial charge in [0.15, 0.2) is 0 Å². The Hall–Kier alpha value is -3.81. The van der Waals surface area contributed by atoms with Crippen LogP contribution in [0.3, 0.4) is 0 Å². The molecular formula is C30H43N5O7S. The maximum Gasteiger partial charge on any atom is 0.243 e. The van der Waals surface area contributed by atoms with E-state index >= 15 is 0 Å². The molecule has 0 heterocycles. The van der Waals surface area contributed by atoms with Gasteiger partial charge in [-0.15, -0.1) is 0 Å². The van der Waals surface area contributed by atoms with Gasteiger partial charge in [-0.1, -0.05) is 42.5 Å². The SMILES string of the molecule is CN[C@@H](Cc1ccc(O)cc1)C(=O)N[C@H](C)C(=O)NCC(=O)N(C)[C@@H](Cc1ccccc1)C(=O)N[C@H](CO)CCS(C)=O. The van der Waals surface area contributed by atoms with Gasteiger partial charge in [-0.25, -0.2) is 0 Å². The zero-order valence-corrected chi connectivity index (χ0v) is 25.9. The van der Waals surface area contributed by atoms with E-state index in [-0.39, 0.29) is 18.8 Å². The molecule has 0 fully saturated rings. The van der Waals surface area contributed by atoms with Gasteiger partial charge in [0.05, 0.1) is 25.2 Å². The van der Waals surface area contributed by atoms with Crippen LogP contribution in [0.1, 0.15) is 24.5 Å². The lowest BCUT2D eigenvalue weighted by molar-refractivity contribution is -0.139. The highest BCUT2D eigenvalue weighted by molar-refractivity contribution is 7.84. The van der Waals surface area contributed by atoms with Crippen molar-refractivity contribution in [2.75, 3.05) is 39.3 Å². The molecule has 4 amide bonds. The molecule has 2 aromatic carbocycles. The molecule has 6 N–H and O–H groups in total.